The Morgan fingerprint density at radius 3 is 2.90 bits per heavy atom. The van der Waals surface area contributed by atoms with Crippen molar-refractivity contribution in [1.82, 2.24) is 14.1 Å². The largest absolute Gasteiger partial charge is 0.271 e. The lowest BCUT2D eigenvalue weighted by Crippen LogP contribution is -2.29. The van der Waals surface area contributed by atoms with E-state index in [4.69, 9.17) is 11.6 Å². The van der Waals surface area contributed by atoms with E-state index in [9.17, 15) is 8.42 Å². The van der Waals surface area contributed by atoms with Gasteiger partial charge in [-0.2, -0.15) is 9.40 Å². The topological polar surface area (TPSA) is 55.2 Å². The molecule has 8 heteroatoms. The van der Waals surface area contributed by atoms with Crippen molar-refractivity contribution in [2.75, 3.05) is 12.9 Å². The Labute approximate surface area is 134 Å². The van der Waals surface area contributed by atoms with Crippen LogP contribution < -0.4 is 0 Å². The van der Waals surface area contributed by atoms with Gasteiger partial charge in [0.1, 0.15) is 4.90 Å². The smallest absolute Gasteiger partial charge is 0.246 e. The Kier molecular flexibility index (Phi) is 5.43. The summed E-state index contributed by atoms with van der Waals surface area (Å²) in [6, 6.07) is 3.65. The van der Waals surface area contributed by atoms with E-state index in [0.29, 0.717) is 12.4 Å². The molecule has 2 rings (SSSR count). The third-order valence-corrected chi connectivity index (χ3v) is 6.50. The van der Waals surface area contributed by atoms with Crippen molar-refractivity contribution in [3.05, 3.63) is 34.8 Å². The van der Waals surface area contributed by atoms with Gasteiger partial charge in [-0.05, 0) is 24.8 Å². The van der Waals surface area contributed by atoms with Crippen LogP contribution in [0.3, 0.4) is 0 Å². The number of aryl methyl sites for hydroxylation is 1. The van der Waals surface area contributed by atoms with E-state index in [-0.39, 0.29) is 10.9 Å². The van der Waals surface area contributed by atoms with Crippen LogP contribution in [0.4, 0.5) is 0 Å². The molecule has 0 aliphatic rings. The average molecular weight is 348 g/mol. The first-order valence-electron chi connectivity index (χ1n) is 6.56. The van der Waals surface area contributed by atoms with E-state index in [0.717, 1.165) is 11.3 Å². The molecule has 0 amide bonds. The van der Waals surface area contributed by atoms with E-state index >= 15 is 0 Å². The van der Waals surface area contributed by atoms with Gasteiger partial charge in [0.05, 0.1) is 12.2 Å². The highest BCUT2D eigenvalue weighted by molar-refractivity contribution is 7.89. The molecule has 2 aromatic rings. The van der Waals surface area contributed by atoms with Crippen LogP contribution in [0.2, 0.25) is 0 Å². The molecule has 0 saturated heterocycles. The number of alkyl halides is 1. The number of hydrogen-bond acceptors (Lipinski definition) is 4. The van der Waals surface area contributed by atoms with Gasteiger partial charge in [-0.25, -0.2) is 8.42 Å². The van der Waals surface area contributed by atoms with Crippen LogP contribution in [0.1, 0.15) is 24.3 Å². The van der Waals surface area contributed by atoms with E-state index in [1.54, 1.807) is 29.3 Å². The second-order valence-corrected chi connectivity index (χ2v) is 8.05. The first-order valence-corrected chi connectivity index (χ1v) is 9.42. The Hall–Kier alpha value is -0.890. The van der Waals surface area contributed by atoms with Gasteiger partial charge in [-0.15, -0.1) is 22.9 Å². The molecule has 5 nitrogen and oxygen atoms in total. The van der Waals surface area contributed by atoms with E-state index < -0.39 is 10.0 Å². The van der Waals surface area contributed by atoms with Gasteiger partial charge in [-0.1, -0.05) is 6.07 Å². The fraction of sp³-hybridized carbons (Fsp3) is 0.462. The molecular formula is C13H18ClN3O2S2. The molecule has 0 radical (unpaired) electrons. The third-order valence-electron chi connectivity index (χ3n) is 3.31. The molecule has 0 saturated carbocycles. The minimum absolute atomic E-state index is 0.207. The van der Waals surface area contributed by atoms with Gasteiger partial charge in [0, 0.05) is 30.5 Å². The second kappa shape index (κ2) is 6.91. The van der Waals surface area contributed by atoms with Gasteiger partial charge in [0.2, 0.25) is 10.0 Å². The first kappa shape index (κ1) is 16.5. The van der Waals surface area contributed by atoms with Crippen molar-refractivity contribution in [1.29, 1.82) is 0 Å². The molecule has 21 heavy (non-hydrogen) atoms. The van der Waals surface area contributed by atoms with Gasteiger partial charge in [0.25, 0.3) is 0 Å². The molecule has 1 unspecified atom stereocenters. The van der Waals surface area contributed by atoms with Gasteiger partial charge in [-0.3, -0.25) is 4.68 Å². The number of sulfonamides is 1. The number of rotatable bonds is 7. The highest BCUT2D eigenvalue weighted by atomic mass is 35.5. The summed E-state index contributed by atoms with van der Waals surface area (Å²) in [5, 5.41) is 6.02. The molecule has 0 spiro atoms. The number of halogens is 1. The molecule has 0 aromatic carbocycles. The highest BCUT2D eigenvalue weighted by Crippen LogP contribution is 2.28. The molecular weight excluding hydrogens is 330 g/mol. The summed E-state index contributed by atoms with van der Waals surface area (Å²) < 4.78 is 28.2. The molecule has 0 fully saturated rings. The minimum atomic E-state index is -3.54. The molecule has 2 aromatic heterocycles. The lowest BCUT2D eigenvalue weighted by molar-refractivity contribution is 0.403. The Balaban J connectivity index is 2.19. The maximum Gasteiger partial charge on any atom is 0.246 e. The van der Waals surface area contributed by atoms with Gasteiger partial charge in [0.15, 0.2) is 0 Å². The van der Waals surface area contributed by atoms with E-state index in [2.05, 4.69) is 5.10 Å². The van der Waals surface area contributed by atoms with Crippen molar-refractivity contribution < 1.29 is 8.42 Å². The lowest BCUT2D eigenvalue weighted by atomic mass is 10.3. The third kappa shape index (κ3) is 3.66. The van der Waals surface area contributed by atoms with Crippen LogP contribution in [0.25, 0.3) is 0 Å². The Morgan fingerprint density at radius 1 is 1.52 bits per heavy atom. The van der Waals surface area contributed by atoms with Crippen LogP contribution in [0, 0.1) is 0 Å². The fourth-order valence-electron chi connectivity index (χ4n) is 1.90. The minimum Gasteiger partial charge on any atom is -0.271 e. The summed E-state index contributed by atoms with van der Waals surface area (Å²) in [5.74, 6) is 0.525. The Bertz CT molecular complexity index is 667. The summed E-state index contributed by atoms with van der Waals surface area (Å²) in [4.78, 5) is 1.22. The molecule has 116 valence electrons. The maximum absolute atomic E-state index is 12.6. The standard InChI is InChI=1S/C13H18ClN3O2S2/c1-11(13-5-3-8-20-13)16(2)21(18,19)12-9-15-17(10-12)7-4-6-14/h3,5,8-11H,4,6-7H2,1-2H3. The molecule has 0 N–H and O–H groups in total. The van der Waals surface area contributed by atoms with Gasteiger partial charge < -0.3 is 0 Å². The van der Waals surface area contributed by atoms with E-state index in [1.807, 2.05) is 24.4 Å². The van der Waals surface area contributed by atoms with Crippen molar-refractivity contribution in [2.45, 2.75) is 30.8 Å². The summed E-state index contributed by atoms with van der Waals surface area (Å²) in [7, 11) is -1.95. The summed E-state index contributed by atoms with van der Waals surface area (Å²) in [5.41, 5.74) is 0. The predicted octanol–water partition coefficient (Wildman–Crippen LogP) is 2.96. The number of nitrogens with zero attached hydrogens (tertiary/aromatic N) is 3. The Morgan fingerprint density at radius 2 is 2.29 bits per heavy atom. The van der Waals surface area contributed by atoms with Crippen LogP contribution >= 0.6 is 22.9 Å². The molecule has 2 heterocycles. The fourth-order valence-corrected chi connectivity index (χ4v) is 4.21. The van der Waals surface area contributed by atoms with Crippen LogP contribution in [-0.4, -0.2) is 35.4 Å². The van der Waals surface area contributed by atoms with Crippen molar-refractivity contribution in [3.63, 3.8) is 0 Å². The molecule has 0 bridgehead atoms. The van der Waals surface area contributed by atoms with Crippen molar-refractivity contribution in [3.8, 4) is 0 Å². The SMILES string of the molecule is CC(c1cccs1)N(C)S(=O)(=O)c1cnn(CCCCl)c1. The van der Waals surface area contributed by atoms with Crippen LogP contribution in [-0.2, 0) is 16.6 Å². The highest BCUT2D eigenvalue weighted by Gasteiger charge is 2.28. The summed E-state index contributed by atoms with van der Waals surface area (Å²) >= 11 is 7.18. The first-order chi connectivity index (χ1) is 9.96. The monoisotopic (exact) mass is 347 g/mol. The quantitative estimate of drug-likeness (QED) is 0.723. The molecule has 0 aliphatic heterocycles. The zero-order valence-corrected chi connectivity index (χ0v) is 14.3. The number of hydrogen-bond donors (Lipinski definition) is 0. The predicted molar refractivity (Wildman–Crippen MR) is 85.2 cm³/mol. The molecule has 0 aliphatic carbocycles. The lowest BCUT2D eigenvalue weighted by Gasteiger charge is -2.22. The van der Waals surface area contributed by atoms with Crippen LogP contribution in [0.15, 0.2) is 34.8 Å². The number of thiophene rings is 1. The van der Waals surface area contributed by atoms with Crippen LogP contribution in [0.5, 0.6) is 0 Å². The van der Waals surface area contributed by atoms with Crippen molar-refractivity contribution in [2.24, 2.45) is 0 Å². The zero-order valence-electron chi connectivity index (χ0n) is 11.9. The average Bonchev–Trinajstić information content (AvgIpc) is 3.14. The van der Waals surface area contributed by atoms with Gasteiger partial charge >= 0.3 is 0 Å². The normalized spacial score (nSPS) is 13.7. The maximum atomic E-state index is 12.6. The zero-order chi connectivity index (χ0) is 15.5. The van der Waals surface area contributed by atoms with E-state index in [1.165, 1.54) is 10.5 Å². The summed E-state index contributed by atoms with van der Waals surface area (Å²) in [6.07, 6.45) is 3.70. The second-order valence-electron chi connectivity index (χ2n) is 4.69. The summed E-state index contributed by atoms with van der Waals surface area (Å²) in [6.45, 7) is 2.49. The molecule has 1 atom stereocenters. The van der Waals surface area contributed by atoms with Crippen molar-refractivity contribution >= 4 is 33.0 Å². The number of aromatic nitrogens is 2.